The quantitative estimate of drug-likeness (QED) is 0.869. The maximum atomic E-state index is 11.9. The van der Waals surface area contributed by atoms with E-state index in [1.807, 2.05) is 19.1 Å². The molecular weight excluding hydrogens is 261 g/mol. The number of aliphatic hydroxyl groups excluding tert-OH is 1. The third kappa shape index (κ3) is 5.94. The summed E-state index contributed by atoms with van der Waals surface area (Å²) in [6.45, 7) is 0.168. The number of ether oxygens (including phenoxy) is 2. The summed E-state index contributed by atoms with van der Waals surface area (Å²) in [5.41, 5.74) is 1.73. The number of rotatable bonds is 6. The first kappa shape index (κ1) is 15.8. The highest BCUT2D eigenvalue weighted by molar-refractivity contribution is 5.37. The van der Waals surface area contributed by atoms with Crippen LogP contribution in [0.4, 0.5) is 13.2 Å². The first-order valence-corrected chi connectivity index (χ1v) is 5.78. The lowest BCUT2D eigenvalue weighted by Crippen LogP contribution is -2.24. The van der Waals surface area contributed by atoms with Crippen LogP contribution in [-0.2, 0) is 11.2 Å². The van der Waals surface area contributed by atoms with E-state index in [1.165, 1.54) is 7.11 Å². The summed E-state index contributed by atoms with van der Waals surface area (Å²) in [6, 6.07) is 5.44. The number of alkyl halides is 3. The Kier molecular flexibility index (Phi) is 5.62. The lowest BCUT2D eigenvalue weighted by molar-refractivity contribution is -0.179. The molecule has 1 aromatic rings. The van der Waals surface area contributed by atoms with Crippen molar-refractivity contribution in [3.63, 3.8) is 0 Å². The van der Waals surface area contributed by atoms with Crippen LogP contribution in [0.5, 0.6) is 5.75 Å². The van der Waals surface area contributed by atoms with Gasteiger partial charge >= 0.3 is 6.18 Å². The molecule has 1 rings (SSSR count). The van der Waals surface area contributed by atoms with Gasteiger partial charge in [0.05, 0.1) is 19.8 Å². The maximum absolute atomic E-state index is 11.9. The Labute approximate surface area is 110 Å². The van der Waals surface area contributed by atoms with Gasteiger partial charge in [0.25, 0.3) is 0 Å². The van der Waals surface area contributed by atoms with Gasteiger partial charge in [0.1, 0.15) is 12.4 Å². The average molecular weight is 278 g/mol. The third-order valence-electron chi connectivity index (χ3n) is 2.47. The molecule has 108 valence electrons. The fraction of sp³-hybridized carbons (Fsp3) is 0.538. The lowest BCUT2D eigenvalue weighted by Gasteiger charge is -2.15. The van der Waals surface area contributed by atoms with Crippen LogP contribution in [0.2, 0.25) is 0 Å². The van der Waals surface area contributed by atoms with Crippen molar-refractivity contribution in [3.05, 3.63) is 29.3 Å². The molecule has 1 N–H and O–H groups in total. The molecule has 1 aromatic carbocycles. The molecule has 6 heteroatoms. The van der Waals surface area contributed by atoms with Gasteiger partial charge in [-0.15, -0.1) is 0 Å². The SMILES string of the molecule is COc1ccc(C)cc1CC(O)COCC(F)(F)F. The van der Waals surface area contributed by atoms with Gasteiger partial charge in [0, 0.05) is 6.42 Å². The van der Waals surface area contributed by atoms with Gasteiger partial charge in [-0.3, -0.25) is 0 Å². The van der Waals surface area contributed by atoms with E-state index in [9.17, 15) is 18.3 Å². The smallest absolute Gasteiger partial charge is 0.411 e. The molecule has 0 aliphatic heterocycles. The number of aliphatic hydroxyl groups is 1. The largest absolute Gasteiger partial charge is 0.496 e. The number of halogens is 3. The second-order valence-electron chi connectivity index (χ2n) is 4.30. The summed E-state index contributed by atoms with van der Waals surface area (Å²) in [5.74, 6) is 0.598. The average Bonchev–Trinajstić information content (AvgIpc) is 2.27. The molecule has 0 aliphatic rings. The minimum atomic E-state index is -4.37. The number of benzene rings is 1. The molecule has 19 heavy (non-hydrogen) atoms. The summed E-state index contributed by atoms with van der Waals surface area (Å²) in [7, 11) is 1.50. The Hall–Kier alpha value is -1.27. The predicted octanol–water partition coefficient (Wildman–Crippen LogP) is 2.49. The molecule has 1 unspecified atom stereocenters. The molecule has 0 radical (unpaired) electrons. The monoisotopic (exact) mass is 278 g/mol. The number of hydrogen-bond acceptors (Lipinski definition) is 3. The molecule has 0 amide bonds. The van der Waals surface area contributed by atoms with Crippen LogP contribution >= 0.6 is 0 Å². The Bertz CT molecular complexity index is 405. The summed E-state index contributed by atoms with van der Waals surface area (Å²) in [6.07, 6.45) is -5.19. The van der Waals surface area contributed by atoms with Gasteiger partial charge in [-0.2, -0.15) is 13.2 Å². The molecule has 0 bridgehead atoms. The van der Waals surface area contributed by atoms with Crippen molar-refractivity contribution >= 4 is 0 Å². The van der Waals surface area contributed by atoms with Gasteiger partial charge in [-0.1, -0.05) is 17.7 Å². The van der Waals surface area contributed by atoms with Crippen LogP contribution in [0, 0.1) is 6.92 Å². The molecule has 0 spiro atoms. The van der Waals surface area contributed by atoms with Gasteiger partial charge < -0.3 is 14.6 Å². The molecule has 0 saturated carbocycles. The molecule has 0 saturated heterocycles. The normalized spacial score (nSPS) is 13.4. The van der Waals surface area contributed by atoms with E-state index in [0.29, 0.717) is 5.75 Å². The van der Waals surface area contributed by atoms with Crippen molar-refractivity contribution < 1.29 is 27.8 Å². The molecule has 3 nitrogen and oxygen atoms in total. The number of methoxy groups -OCH3 is 1. The second kappa shape index (κ2) is 6.77. The highest BCUT2D eigenvalue weighted by atomic mass is 19.4. The van der Waals surface area contributed by atoms with Gasteiger partial charge in [-0.05, 0) is 18.6 Å². The van der Waals surface area contributed by atoms with Crippen LogP contribution < -0.4 is 4.74 Å². The first-order chi connectivity index (χ1) is 8.81. The van der Waals surface area contributed by atoms with Crippen molar-refractivity contribution in [2.75, 3.05) is 20.3 Å². The Balaban J connectivity index is 2.52. The number of hydrogen-bond donors (Lipinski definition) is 1. The maximum Gasteiger partial charge on any atom is 0.411 e. The summed E-state index contributed by atoms with van der Waals surface area (Å²) in [4.78, 5) is 0. The Morgan fingerprint density at radius 3 is 2.58 bits per heavy atom. The highest BCUT2D eigenvalue weighted by Gasteiger charge is 2.27. The van der Waals surface area contributed by atoms with Gasteiger partial charge in [0.15, 0.2) is 0 Å². The summed E-state index contributed by atoms with van der Waals surface area (Å²) >= 11 is 0. The standard InChI is InChI=1S/C13H17F3O3/c1-9-3-4-12(18-2)10(5-9)6-11(17)7-19-8-13(14,15)16/h3-5,11,17H,6-8H2,1-2H3. The van der Waals surface area contributed by atoms with E-state index >= 15 is 0 Å². The van der Waals surface area contributed by atoms with Crippen molar-refractivity contribution in [2.24, 2.45) is 0 Å². The van der Waals surface area contributed by atoms with E-state index in [1.54, 1.807) is 6.07 Å². The first-order valence-electron chi connectivity index (χ1n) is 5.78. The third-order valence-corrected chi connectivity index (χ3v) is 2.47. The van der Waals surface area contributed by atoms with Crippen LogP contribution in [-0.4, -0.2) is 37.7 Å². The van der Waals surface area contributed by atoms with E-state index < -0.39 is 18.9 Å². The van der Waals surface area contributed by atoms with Crippen molar-refractivity contribution in [2.45, 2.75) is 25.6 Å². The fourth-order valence-corrected chi connectivity index (χ4v) is 1.69. The minimum absolute atomic E-state index is 0.183. The van der Waals surface area contributed by atoms with Crippen molar-refractivity contribution in [1.29, 1.82) is 0 Å². The fourth-order valence-electron chi connectivity index (χ4n) is 1.69. The molecule has 1 atom stereocenters. The zero-order chi connectivity index (χ0) is 14.5. The topological polar surface area (TPSA) is 38.7 Å². The van der Waals surface area contributed by atoms with Crippen LogP contribution in [0.25, 0.3) is 0 Å². The van der Waals surface area contributed by atoms with Crippen LogP contribution in [0.3, 0.4) is 0 Å². The predicted molar refractivity (Wildman–Crippen MR) is 64.3 cm³/mol. The Morgan fingerprint density at radius 1 is 1.32 bits per heavy atom. The van der Waals surface area contributed by atoms with Gasteiger partial charge in [0.2, 0.25) is 0 Å². The van der Waals surface area contributed by atoms with Gasteiger partial charge in [-0.25, -0.2) is 0 Å². The van der Waals surface area contributed by atoms with Crippen molar-refractivity contribution in [1.82, 2.24) is 0 Å². The number of aryl methyl sites for hydroxylation is 1. The van der Waals surface area contributed by atoms with E-state index in [2.05, 4.69) is 4.74 Å². The Morgan fingerprint density at radius 2 is 2.00 bits per heavy atom. The van der Waals surface area contributed by atoms with E-state index in [0.717, 1.165) is 11.1 Å². The lowest BCUT2D eigenvalue weighted by atomic mass is 10.0. The van der Waals surface area contributed by atoms with Crippen LogP contribution in [0.1, 0.15) is 11.1 Å². The zero-order valence-corrected chi connectivity index (χ0v) is 10.8. The summed E-state index contributed by atoms with van der Waals surface area (Å²) in [5, 5.41) is 9.66. The van der Waals surface area contributed by atoms with E-state index in [-0.39, 0.29) is 13.0 Å². The zero-order valence-electron chi connectivity index (χ0n) is 10.8. The van der Waals surface area contributed by atoms with Crippen molar-refractivity contribution in [3.8, 4) is 5.75 Å². The minimum Gasteiger partial charge on any atom is -0.496 e. The highest BCUT2D eigenvalue weighted by Crippen LogP contribution is 2.21. The molecule has 0 fully saturated rings. The molecule has 0 aromatic heterocycles. The summed E-state index contributed by atoms with van der Waals surface area (Å²) < 4.78 is 45.2. The molecule has 0 heterocycles. The molecular formula is C13H17F3O3. The van der Waals surface area contributed by atoms with E-state index in [4.69, 9.17) is 4.74 Å². The second-order valence-corrected chi connectivity index (χ2v) is 4.30. The molecule has 0 aliphatic carbocycles. The van der Waals surface area contributed by atoms with Crippen LogP contribution in [0.15, 0.2) is 18.2 Å².